The minimum atomic E-state index is -0.289. The van der Waals surface area contributed by atoms with E-state index < -0.39 is 0 Å². The second kappa shape index (κ2) is 12.5. The second-order valence-corrected chi connectivity index (χ2v) is 15.8. The lowest BCUT2D eigenvalue weighted by Crippen LogP contribution is -2.46. The van der Waals surface area contributed by atoms with E-state index in [0.29, 0.717) is 12.8 Å². The Hall–Kier alpha value is -2.24. The van der Waals surface area contributed by atoms with E-state index in [0.717, 1.165) is 25.7 Å². The van der Waals surface area contributed by atoms with Crippen LogP contribution in [0.25, 0.3) is 0 Å². The van der Waals surface area contributed by atoms with E-state index in [1.807, 2.05) is 0 Å². The van der Waals surface area contributed by atoms with Crippen molar-refractivity contribution in [3.63, 3.8) is 0 Å². The van der Waals surface area contributed by atoms with Crippen LogP contribution in [-0.2, 0) is 9.47 Å². The Labute approximate surface area is 267 Å². The molecular weight excluding hydrogens is 544 g/mol. The highest BCUT2D eigenvalue weighted by Crippen LogP contribution is 2.67. The first-order chi connectivity index (χ1) is 20.4. The largest absolute Gasteiger partial charge is 0.393 e. The maximum Gasteiger partial charge on any atom is 0.121 e. The predicted octanol–water partition coefficient (Wildman–Crippen LogP) is 9.19. The summed E-state index contributed by atoms with van der Waals surface area (Å²) < 4.78 is 12.5. The van der Waals surface area contributed by atoms with Crippen LogP contribution in [0.3, 0.4) is 0 Å². The van der Waals surface area contributed by atoms with Gasteiger partial charge >= 0.3 is 0 Å². The van der Waals surface area contributed by atoms with Gasteiger partial charge in [0.2, 0.25) is 0 Å². The summed E-state index contributed by atoms with van der Waals surface area (Å²) >= 11 is 0. The van der Waals surface area contributed by atoms with Gasteiger partial charge in [-0.15, -0.1) is 0 Å². The van der Waals surface area contributed by atoms with Crippen molar-refractivity contribution in [1.29, 1.82) is 0 Å². The zero-order valence-electron chi connectivity index (χ0n) is 29.0. The van der Waals surface area contributed by atoms with Crippen molar-refractivity contribution in [2.24, 2.45) is 10.8 Å². The standard InChI is InChI=1S/C40H58O4/c1-29(17-13-19-31(3)21-23-39-35(5,6)25-33(41)27-37(39,9)43-39)15-11-12-16-30(2)18-14-20-32(4)22-24-40-36(7,8)26-34(42)28-38(40,10)44-40/h11-13,15-17,19-24,33-34,41-42H,14,18,25-28H2,1-10H3/b12-11+,17-13+,23-21+,24-22+,29-15+,30-16+,31-19+,32-20+/t33-,34-,37+,38+,39-,40-/m0/s1. The van der Waals surface area contributed by atoms with Crippen LogP contribution in [0.5, 0.6) is 0 Å². The molecule has 2 aliphatic heterocycles. The Balaban J connectivity index is 1.22. The van der Waals surface area contributed by atoms with Crippen molar-refractivity contribution in [2.75, 3.05) is 0 Å². The molecule has 6 atom stereocenters. The topological polar surface area (TPSA) is 65.5 Å². The predicted molar refractivity (Wildman–Crippen MR) is 183 cm³/mol. The molecule has 2 saturated heterocycles. The summed E-state index contributed by atoms with van der Waals surface area (Å²) in [5.74, 6) is 0. The van der Waals surface area contributed by atoms with Crippen LogP contribution in [-0.4, -0.2) is 44.8 Å². The summed E-state index contributed by atoms with van der Waals surface area (Å²) in [7, 11) is 0. The van der Waals surface area contributed by atoms with Gasteiger partial charge in [-0.1, -0.05) is 111 Å². The van der Waals surface area contributed by atoms with E-state index in [1.54, 1.807) is 0 Å². The molecule has 0 radical (unpaired) electrons. The molecule has 4 fully saturated rings. The SMILES string of the molecule is CC(/C=C/C=C(C)/C=C/[C@@]12O[C@]1(C)C[C@@H](O)CC2(C)C)=C\C=C\C=C(/C)CC/C=C(C)/C=C/[C@@]12O[C@]1(C)C[C@@H](O)CC2(C)C. The molecule has 44 heavy (non-hydrogen) atoms. The van der Waals surface area contributed by atoms with E-state index in [4.69, 9.17) is 9.47 Å². The Kier molecular flexibility index (Phi) is 9.85. The minimum absolute atomic E-state index is 0.0789. The average molecular weight is 603 g/mol. The number of epoxide rings is 2. The van der Waals surface area contributed by atoms with Gasteiger partial charge in [0.15, 0.2) is 0 Å². The third-order valence-corrected chi connectivity index (χ3v) is 10.7. The maximum atomic E-state index is 10.3. The second-order valence-electron chi connectivity index (χ2n) is 15.8. The fourth-order valence-corrected chi connectivity index (χ4v) is 8.22. The molecule has 0 bridgehead atoms. The Bertz CT molecular complexity index is 1330. The first kappa shape index (κ1) is 34.6. The summed E-state index contributed by atoms with van der Waals surface area (Å²) in [5, 5.41) is 20.5. The van der Waals surface area contributed by atoms with Gasteiger partial charge in [0.25, 0.3) is 0 Å². The zero-order chi connectivity index (χ0) is 32.6. The van der Waals surface area contributed by atoms with E-state index in [1.165, 1.54) is 22.3 Å². The average Bonchev–Trinajstić information content (AvgIpc) is 3.73. The Morgan fingerprint density at radius 2 is 1.07 bits per heavy atom. The number of aliphatic hydroxyl groups excluding tert-OH is 2. The number of ether oxygens (including phenoxy) is 2. The molecule has 242 valence electrons. The molecule has 4 nitrogen and oxygen atoms in total. The number of hydrogen-bond donors (Lipinski definition) is 2. The molecule has 4 rings (SSSR count). The lowest BCUT2D eigenvalue weighted by atomic mass is 9.63. The highest BCUT2D eigenvalue weighted by molar-refractivity contribution is 5.37. The molecular formula is C40H58O4. The summed E-state index contributed by atoms with van der Waals surface area (Å²) in [4.78, 5) is 0. The summed E-state index contributed by atoms with van der Waals surface area (Å²) in [6.07, 6.45) is 30.4. The first-order valence-corrected chi connectivity index (χ1v) is 16.6. The third kappa shape index (κ3) is 6.94. The van der Waals surface area contributed by atoms with E-state index in [2.05, 4.69) is 142 Å². The van der Waals surface area contributed by atoms with Crippen molar-refractivity contribution in [1.82, 2.24) is 0 Å². The molecule has 0 unspecified atom stereocenters. The van der Waals surface area contributed by atoms with Gasteiger partial charge in [-0.25, -0.2) is 0 Å². The van der Waals surface area contributed by atoms with E-state index in [9.17, 15) is 10.2 Å². The quantitative estimate of drug-likeness (QED) is 0.183. The van der Waals surface area contributed by atoms with Crippen molar-refractivity contribution in [2.45, 2.75) is 142 Å². The highest BCUT2D eigenvalue weighted by atomic mass is 16.6. The van der Waals surface area contributed by atoms with Gasteiger partial charge in [-0.2, -0.15) is 0 Å². The van der Waals surface area contributed by atoms with Crippen LogP contribution in [0, 0.1) is 10.8 Å². The molecule has 0 aromatic rings. The van der Waals surface area contributed by atoms with Gasteiger partial charge in [0.05, 0.1) is 12.2 Å². The Morgan fingerprint density at radius 3 is 1.59 bits per heavy atom. The van der Waals surface area contributed by atoms with Gasteiger partial charge in [0.1, 0.15) is 22.4 Å². The van der Waals surface area contributed by atoms with Gasteiger partial charge in [0, 0.05) is 23.7 Å². The summed E-state index contributed by atoms with van der Waals surface area (Å²) in [6, 6.07) is 0. The molecule has 4 aliphatic rings. The maximum absolute atomic E-state index is 10.3. The van der Waals surface area contributed by atoms with Crippen molar-refractivity contribution >= 4 is 0 Å². The van der Waals surface area contributed by atoms with Gasteiger partial charge in [-0.05, 0) is 79.4 Å². The van der Waals surface area contributed by atoms with Gasteiger partial charge < -0.3 is 19.7 Å². The van der Waals surface area contributed by atoms with Crippen LogP contribution >= 0.6 is 0 Å². The van der Waals surface area contributed by atoms with E-state index in [-0.39, 0.29) is 45.4 Å². The minimum Gasteiger partial charge on any atom is -0.393 e. The molecule has 0 amide bonds. The molecule has 0 aromatic carbocycles. The molecule has 4 heteroatoms. The van der Waals surface area contributed by atoms with Crippen molar-refractivity contribution < 1.29 is 19.7 Å². The lowest BCUT2D eigenvalue weighted by molar-refractivity contribution is 0.0510. The van der Waals surface area contributed by atoms with Crippen LogP contribution in [0.15, 0.2) is 95.2 Å². The van der Waals surface area contributed by atoms with Crippen LogP contribution in [0.4, 0.5) is 0 Å². The monoisotopic (exact) mass is 602 g/mol. The van der Waals surface area contributed by atoms with Gasteiger partial charge in [-0.3, -0.25) is 0 Å². The number of fused-ring (bicyclic) bond motifs is 2. The molecule has 2 heterocycles. The first-order valence-electron chi connectivity index (χ1n) is 16.6. The van der Waals surface area contributed by atoms with Crippen LogP contribution in [0.1, 0.15) is 108 Å². The smallest absolute Gasteiger partial charge is 0.121 e. The van der Waals surface area contributed by atoms with Crippen molar-refractivity contribution in [3.8, 4) is 0 Å². The molecule has 2 saturated carbocycles. The lowest BCUT2D eigenvalue weighted by Gasteiger charge is -2.39. The number of rotatable bonds is 11. The molecule has 0 spiro atoms. The summed E-state index contributed by atoms with van der Waals surface area (Å²) in [6.45, 7) is 21.6. The third-order valence-electron chi connectivity index (χ3n) is 10.7. The number of aliphatic hydroxyl groups is 2. The summed E-state index contributed by atoms with van der Waals surface area (Å²) in [5.41, 5.74) is 3.73. The zero-order valence-corrected chi connectivity index (χ0v) is 29.0. The molecule has 0 aromatic heterocycles. The Morgan fingerprint density at radius 1 is 0.614 bits per heavy atom. The van der Waals surface area contributed by atoms with E-state index >= 15 is 0 Å². The molecule has 2 N–H and O–H groups in total. The normalized spacial score (nSPS) is 39.0. The molecule has 2 aliphatic carbocycles. The highest BCUT2D eigenvalue weighted by Gasteiger charge is 2.75. The fraction of sp³-hybridized carbons (Fsp3) is 0.600. The van der Waals surface area contributed by atoms with Crippen LogP contribution < -0.4 is 0 Å². The number of hydrogen-bond acceptors (Lipinski definition) is 4. The fourth-order valence-electron chi connectivity index (χ4n) is 8.22. The number of allylic oxidation sites excluding steroid dienone is 14. The van der Waals surface area contributed by atoms with Crippen LogP contribution in [0.2, 0.25) is 0 Å². The van der Waals surface area contributed by atoms with Crippen molar-refractivity contribution in [3.05, 3.63) is 95.2 Å².